The minimum atomic E-state index is 0.898. The summed E-state index contributed by atoms with van der Waals surface area (Å²) in [7, 11) is 0. The maximum atomic E-state index is 5.41. The SMILES string of the molecule is c1ccc(-c2ccc3ccc4ccc(-c5cccc(-c6ccc7nc(-c8ccccc8)c8c(ccc9ccc(-c%10ccc%11ccccc%11c%10)nc98)c7c6)c5)nc4c3n2)cc1. The van der Waals surface area contributed by atoms with Crippen molar-refractivity contribution in [2.45, 2.75) is 0 Å². The Balaban J connectivity index is 1.00. The molecule has 0 atom stereocenters. The van der Waals surface area contributed by atoms with E-state index in [1.807, 2.05) is 18.2 Å². The molecular weight excluding hydrogens is 729 g/mol. The van der Waals surface area contributed by atoms with Gasteiger partial charge in [0.15, 0.2) is 0 Å². The quantitative estimate of drug-likeness (QED) is 0.164. The van der Waals surface area contributed by atoms with E-state index in [4.69, 9.17) is 19.9 Å². The molecule has 4 aromatic heterocycles. The molecule has 0 aliphatic heterocycles. The molecule has 0 aliphatic carbocycles. The molecule has 0 amide bonds. The first-order valence-electron chi connectivity index (χ1n) is 20.3. The van der Waals surface area contributed by atoms with Gasteiger partial charge in [0.25, 0.3) is 0 Å². The zero-order chi connectivity index (χ0) is 39.6. The molecule has 0 radical (unpaired) electrons. The van der Waals surface area contributed by atoms with Crippen LogP contribution in [0.2, 0.25) is 0 Å². The molecule has 4 heteroatoms. The summed E-state index contributed by atoms with van der Waals surface area (Å²) in [5, 5.41) is 8.89. The molecule has 0 aliphatic rings. The largest absolute Gasteiger partial charge is 0.247 e. The third-order valence-electron chi connectivity index (χ3n) is 11.8. The van der Waals surface area contributed by atoms with Crippen LogP contribution in [0.1, 0.15) is 0 Å². The lowest BCUT2D eigenvalue weighted by molar-refractivity contribution is 1.36. The van der Waals surface area contributed by atoms with Gasteiger partial charge in [-0.25, -0.2) is 19.9 Å². The van der Waals surface area contributed by atoms with Crippen LogP contribution in [0.5, 0.6) is 0 Å². The van der Waals surface area contributed by atoms with Crippen molar-refractivity contribution in [1.29, 1.82) is 0 Å². The average Bonchev–Trinajstić information content (AvgIpc) is 3.33. The van der Waals surface area contributed by atoms with E-state index in [9.17, 15) is 0 Å². The van der Waals surface area contributed by atoms with Crippen LogP contribution in [0.15, 0.2) is 206 Å². The number of hydrogen-bond donors (Lipinski definition) is 0. The Morgan fingerprint density at radius 3 is 1.48 bits per heavy atom. The van der Waals surface area contributed by atoms with Crippen LogP contribution in [0.4, 0.5) is 0 Å². The summed E-state index contributed by atoms with van der Waals surface area (Å²) in [5.41, 5.74) is 13.9. The van der Waals surface area contributed by atoms with E-state index in [-0.39, 0.29) is 0 Å². The van der Waals surface area contributed by atoms with Gasteiger partial charge in [0, 0.05) is 49.2 Å². The number of pyridine rings is 4. The lowest BCUT2D eigenvalue weighted by atomic mass is 9.94. The second-order valence-electron chi connectivity index (χ2n) is 15.4. The van der Waals surface area contributed by atoms with Crippen LogP contribution < -0.4 is 0 Å². The van der Waals surface area contributed by atoms with E-state index in [2.05, 4.69) is 188 Å². The average molecular weight is 763 g/mol. The zero-order valence-corrected chi connectivity index (χ0v) is 32.4. The molecule has 4 heterocycles. The van der Waals surface area contributed by atoms with Crippen molar-refractivity contribution in [3.05, 3.63) is 206 Å². The Morgan fingerprint density at radius 2 is 0.750 bits per heavy atom. The number of aromatic nitrogens is 4. The van der Waals surface area contributed by atoms with Gasteiger partial charge in [-0.05, 0) is 69.8 Å². The summed E-state index contributed by atoms with van der Waals surface area (Å²) in [5.74, 6) is 0. The standard InChI is InChI=1S/C56H34N4/c1-3-11-36(12-4-1)48-28-24-39-19-20-40-25-30-49(59-56(40)55(39)58-48)44-17-9-16-42(33-44)43-26-31-51-47(34-43)46-27-22-38-23-29-50(45-21-18-35-10-7-8-15-41(35)32-45)57-54(38)52(46)53(60-51)37-13-5-2-6-14-37/h1-34H. The molecule has 12 rings (SSSR count). The van der Waals surface area contributed by atoms with Crippen molar-refractivity contribution in [3.8, 4) is 56.2 Å². The van der Waals surface area contributed by atoms with Crippen LogP contribution in [-0.2, 0) is 0 Å². The van der Waals surface area contributed by atoms with Crippen molar-refractivity contribution < 1.29 is 0 Å². The molecule has 4 nitrogen and oxygen atoms in total. The fourth-order valence-corrected chi connectivity index (χ4v) is 8.73. The number of rotatable bonds is 5. The molecule has 278 valence electrons. The minimum absolute atomic E-state index is 0.898. The lowest BCUT2D eigenvalue weighted by Gasteiger charge is -2.14. The summed E-state index contributed by atoms with van der Waals surface area (Å²) < 4.78 is 0. The van der Waals surface area contributed by atoms with E-state index < -0.39 is 0 Å². The lowest BCUT2D eigenvalue weighted by Crippen LogP contribution is -1.94. The maximum absolute atomic E-state index is 5.41. The first-order valence-corrected chi connectivity index (χ1v) is 20.3. The molecule has 0 N–H and O–H groups in total. The van der Waals surface area contributed by atoms with E-state index in [0.29, 0.717) is 0 Å². The van der Waals surface area contributed by atoms with Crippen LogP contribution >= 0.6 is 0 Å². The fourth-order valence-electron chi connectivity index (χ4n) is 8.73. The summed E-state index contributed by atoms with van der Waals surface area (Å²) in [4.78, 5) is 21.2. The van der Waals surface area contributed by atoms with E-state index >= 15 is 0 Å². The van der Waals surface area contributed by atoms with Crippen molar-refractivity contribution in [1.82, 2.24) is 19.9 Å². The summed E-state index contributed by atoms with van der Waals surface area (Å²) in [6.07, 6.45) is 0. The van der Waals surface area contributed by atoms with Gasteiger partial charge in [0.1, 0.15) is 0 Å². The molecule has 0 saturated heterocycles. The monoisotopic (exact) mass is 762 g/mol. The normalized spacial score (nSPS) is 11.7. The molecule has 60 heavy (non-hydrogen) atoms. The molecule has 8 aromatic carbocycles. The fraction of sp³-hybridized carbons (Fsp3) is 0. The van der Waals surface area contributed by atoms with Crippen molar-refractivity contribution in [2.24, 2.45) is 0 Å². The molecule has 0 fully saturated rings. The highest BCUT2D eigenvalue weighted by Gasteiger charge is 2.17. The molecule has 0 unspecified atom stereocenters. The van der Waals surface area contributed by atoms with Gasteiger partial charge in [0.2, 0.25) is 0 Å². The second-order valence-corrected chi connectivity index (χ2v) is 15.4. The topological polar surface area (TPSA) is 51.6 Å². The first kappa shape index (κ1) is 34.0. The third-order valence-corrected chi connectivity index (χ3v) is 11.8. The first-order chi connectivity index (χ1) is 29.7. The Morgan fingerprint density at radius 1 is 0.250 bits per heavy atom. The van der Waals surface area contributed by atoms with Crippen LogP contribution in [0.3, 0.4) is 0 Å². The number of benzene rings is 8. The summed E-state index contributed by atoms with van der Waals surface area (Å²) in [6, 6.07) is 72.7. The smallest absolute Gasteiger partial charge is 0.0972 e. The highest BCUT2D eigenvalue weighted by atomic mass is 14.8. The minimum Gasteiger partial charge on any atom is -0.247 e. The van der Waals surface area contributed by atoms with E-state index in [1.54, 1.807) is 0 Å². The Kier molecular flexibility index (Phi) is 7.82. The Labute approximate surface area is 346 Å². The van der Waals surface area contributed by atoms with Gasteiger partial charge in [-0.1, -0.05) is 164 Å². The number of fused-ring (bicyclic) bond motifs is 9. The van der Waals surface area contributed by atoms with Gasteiger partial charge in [-0.2, -0.15) is 0 Å². The van der Waals surface area contributed by atoms with Gasteiger partial charge in [-0.3, -0.25) is 0 Å². The highest BCUT2D eigenvalue weighted by molar-refractivity contribution is 6.20. The summed E-state index contributed by atoms with van der Waals surface area (Å²) >= 11 is 0. The summed E-state index contributed by atoms with van der Waals surface area (Å²) in [6.45, 7) is 0. The van der Waals surface area contributed by atoms with Gasteiger partial charge < -0.3 is 0 Å². The molecule has 0 spiro atoms. The van der Waals surface area contributed by atoms with Crippen LogP contribution in [0.25, 0.3) is 121 Å². The van der Waals surface area contributed by atoms with Gasteiger partial charge in [-0.15, -0.1) is 0 Å². The maximum Gasteiger partial charge on any atom is 0.0972 e. The van der Waals surface area contributed by atoms with Crippen LogP contribution in [-0.4, -0.2) is 19.9 Å². The molecule has 12 aromatic rings. The second kappa shape index (κ2) is 13.8. The Bertz CT molecular complexity index is 3650. The van der Waals surface area contributed by atoms with Crippen molar-refractivity contribution in [2.75, 3.05) is 0 Å². The number of hydrogen-bond acceptors (Lipinski definition) is 4. The molecule has 0 bridgehead atoms. The van der Waals surface area contributed by atoms with Crippen molar-refractivity contribution in [3.63, 3.8) is 0 Å². The molecule has 0 saturated carbocycles. The molecular formula is C56H34N4. The van der Waals surface area contributed by atoms with E-state index in [1.165, 1.54) is 10.8 Å². The predicted molar refractivity (Wildman–Crippen MR) is 250 cm³/mol. The van der Waals surface area contributed by atoms with Crippen LogP contribution in [0, 0.1) is 0 Å². The third kappa shape index (κ3) is 5.77. The van der Waals surface area contributed by atoms with Crippen molar-refractivity contribution >= 4 is 65.2 Å². The highest BCUT2D eigenvalue weighted by Crippen LogP contribution is 2.39. The predicted octanol–water partition coefficient (Wildman–Crippen LogP) is 14.5. The van der Waals surface area contributed by atoms with Gasteiger partial charge in [0.05, 0.1) is 44.8 Å². The van der Waals surface area contributed by atoms with E-state index in [0.717, 1.165) is 111 Å². The Hall–Kier alpha value is -8.08. The van der Waals surface area contributed by atoms with Gasteiger partial charge >= 0.3 is 0 Å². The number of nitrogens with zero attached hydrogens (tertiary/aromatic N) is 4. The zero-order valence-electron chi connectivity index (χ0n) is 32.4.